The third kappa shape index (κ3) is 5.52. The van der Waals surface area contributed by atoms with Crippen molar-refractivity contribution < 1.29 is 18.8 Å². The second kappa shape index (κ2) is 11.1. The molecule has 4 aromatic carbocycles. The summed E-state index contributed by atoms with van der Waals surface area (Å²) >= 11 is 0. The Morgan fingerprint density at radius 3 is 1.90 bits per heavy atom. The summed E-state index contributed by atoms with van der Waals surface area (Å²) < 4.78 is 25.3. The van der Waals surface area contributed by atoms with Crippen LogP contribution in [0, 0.1) is 5.41 Å². The van der Waals surface area contributed by atoms with Gasteiger partial charge in [0.25, 0.3) is 0 Å². The zero-order valence-electron chi connectivity index (χ0n) is 26.3. The summed E-state index contributed by atoms with van der Waals surface area (Å²) in [5.41, 5.74) is 3.50. The molecule has 5 rings (SSSR count). The van der Waals surface area contributed by atoms with Gasteiger partial charge in [-0.15, -0.1) is 0 Å². The predicted molar refractivity (Wildman–Crippen MR) is 172 cm³/mol. The number of rotatable bonds is 8. The average Bonchev–Trinajstić information content (AvgIpc) is 3.14. The minimum atomic E-state index is -0.575. The van der Waals surface area contributed by atoms with Crippen molar-refractivity contribution in [3.63, 3.8) is 0 Å². The Labute approximate surface area is 246 Å². The summed E-state index contributed by atoms with van der Waals surface area (Å²) in [5.74, 6) is 1.09. The van der Waals surface area contributed by atoms with E-state index in [9.17, 15) is 0 Å². The van der Waals surface area contributed by atoms with Gasteiger partial charge in [-0.3, -0.25) is 0 Å². The van der Waals surface area contributed by atoms with Gasteiger partial charge < -0.3 is 18.8 Å². The highest BCUT2D eigenvalue weighted by molar-refractivity contribution is 6.63. The van der Waals surface area contributed by atoms with E-state index in [1.165, 1.54) is 27.1 Å². The zero-order valence-corrected chi connectivity index (χ0v) is 26.3. The van der Waals surface area contributed by atoms with E-state index >= 15 is 0 Å². The molecule has 0 N–H and O–H groups in total. The predicted octanol–water partition coefficient (Wildman–Crippen LogP) is 8.87. The molecule has 1 saturated heterocycles. The molecule has 5 heteroatoms. The van der Waals surface area contributed by atoms with Crippen LogP contribution in [0.3, 0.4) is 0 Å². The Kier molecular flexibility index (Phi) is 8.02. The van der Waals surface area contributed by atoms with Gasteiger partial charge in [0.1, 0.15) is 5.75 Å². The van der Waals surface area contributed by atoms with Crippen LogP contribution in [-0.2, 0) is 14.0 Å². The van der Waals surface area contributed by atoms with Crippen LogP contribution in [0.4, 0.5) is 0 Å². The van der Waals surface area contributed by atoms with Crippen LogP contribution in [0.1, 0.15) is 79.7 Å². The van der Waals surface area contributed by atoms with Gasteiger partial charge in [0.05, 0.1) is 11.2 Å². The van der Waals surface area contributed by atoms with Crippen LogP contribution in [0.15, 0.2) is 66.7 Å². The Balaban J connectivity index is 1.90. The number of hydrogen-bond acceptors (Lipinski definition) is 4. The first-order valence-electron chi connectivity index (χ1n) is 14.9. The fraction of sp³-hybridized carbons (Fsp3) is 0.444. The SMILES string of the molecule is CCCC(c1cc(B2OC(C)(C)C(C)(C)O2)c(OCOC)c(-c2c3ccccc3cc3ccccc23)c1)C(C)(C)C. The summed E-state index contributed by atoms with van der Waals surface area (Å²) in [6.45, 7) is 17.8. The van der Waals surface area contributed by atoms with E-state index in [1.54, 1.807) is 7.11 Å². The maximum atomic E-state index is 6.67. The monoisotopic (exact) mass is 552 g/mol. The number of hydrogen-bond donors (Lipinski definition) is 0. The van der Waals surface area contributed by atoms with Crippen molar-refractivity contribution in [2.45, 2.75) is 85.4 Å². The summed E-state index contributed by atoms with van der Waals surface area (Å²) in [7, 11) is 1.08. The molecule has 1 unspecified atom stereocenters. The lowest BCUT2D eigenvalue weighted by Crippen LogP contribution is -2.41. The normalized spacial score (nSPS) is 17.3. The number of benzene rings is 4. The van der Waals surface area contributed by atoms with Crippen LogP contribution in [0.2, 0.25) is 0 Å². The van der Waals surface area contributed by atoms with Crippen LogP contribution in [0.25, 0.3) is 32.7 Å². The van der Waals surface area contributed by atoms with Crippen molar-refractivity contribution in [1.29, 1.82) is 0 Å². The number of methoxy groups -OCH3 is 1. The molecule has 0 aromatic heterocycles. The summed E-state index contributed by atoms with van der Waals surface area (Å²) in [6.07, 6.45) is 2.18. The van der Waals surface area contributed by atoms with Gasteiger partial charge in [-0.2, -0.15) is 0 Å². The largest absolute Gasteiger partial charge is 0.498 e. The molecular formula is C36H45BO4. The Morgan fingerprint density at radius 2 is 1.39 bits per heavy atom. The van der Waals surface area contributed by atoms with E-state index in [4.69, 9.17) is 18.8 Å². The molecule has 41 heavy (non-hydrogen) atoms. The lowest BCUT2D eigenvalue weighted by molar-refractivity contribution is 0.00578. The van der Waals surface area contributed by atoms with Gasteiger partial charge in [-0.1, -0.05) is 88.7 Å². The van der Waals surface area contributed by atoms with Crippen molar-refractivity contribution in [2.75, 3.05) is 13.9 Å². The van der Waals surface area contributed by atoms with Crippen LogP contribution >= 0.6 is 0 Å². The first-order valence-corrected chi connectivity index (χ1v) is 14.9. The summed E-state index contributed by atoms with van der Waals surface area (Å²) in [5, 5.41) is 4.77. The third-order valence-electron chi connectivity index (χ3n) is 9.03. The van der Waals surface area contributed by atoms with E-state index in [1.807, 2.05) is 0 Å². The molecule has 0 aliphatic carbocycles. The van der Waals surface area contributed by atoms with Gasteiger partial charge in [0, 0.05) is 23.7 Å². The highest BCUT2D eigenvalue weighted by atomic mass is 16.7. The van der Waals surface area contributed by atoms with E-state index in [-0.39, 0.29) is 12.2 Å². The van der Waals surface area contributed by atoms with E-state index in [2.05, 4.69) is 122 Å². The van der Waals surface area contributed by atoms with E-state index < -0.39 is 18.3 Å². The lowest BCUT2D eigenvalue weighted by Gasteiger charge is -2.33. The first-order chi connectivity index (χ1) is 19.4. The highest BCUT2D eigenvalue weighted by Crippen LogP contribution is 2.46. The molecule has 216 valence electrons. The van der Waals surface area contributed by atoms with Gasteiger partial charge in [-0.05, 0) is 84.7 Å². The smallest absolute Gasteiger partial charge is 0.467 e. The van der Waals surface area contributed by atoms with E-state index in [0.29, 0.717) is 5.92 Å². The lowest BCUT2D eigenvalue weighted by atomic mass is 9.69. The van der Waals surface area contributed by atoms with Crippen LogP contribution in [0.5, 0.6) is 5.75 Å². The quantitative estimate of drug-likeness (QED) is 0.124. The molecule has 1 aliphatic rings. The Morgan fingerprint density at radius 1 is 0.829 bits per heavy atom. The van der Waals surface area contributed by atoms with E-state index in [0.717, 1.165) is 35.2 Å². The maximum absolute atomic E-state index is 6.67. The molecule has 0 radical (unpaired) electrons. The third-order valence-corrected chi connectivity index (χ3v) is 9.03. The fourth-order valence-corrected chi connectivity index (χ4v) is 6.18. The minimum absolute atomic E-state index is 0.0657. The van der Waals surface area contributed by atoms with Gasteiger partial charge in [-0.25, -0.2) is 0 Å². The van der Waals surface area contributed by atoms with Gasteiger partial charge >= 0.3 is 7.12 Å². The standard InChI is InChI=1S/C36H45BO4/c1-10-15-30(34(2,3)4)26-21-29(32-27-18-13-11-16-24(27)20-25-17-12-14-19-28(25)32)33(39-23-38-9)31(22-26)37-40-35(5,6)36(7,8)41-37/h11-14,16-22,30H,10,15,23H2,1-9H3. The molecule has 4 nitrogen and oxygen atoms in total. The topological polar surface area (TPSA) is 36.9 Å². The van der Waals surface area contributed by atoms with Crippen molar-refractivity contribution in [3.8, 4) is 16.9 Å². The molecule has 1 atom stereocenters. The van der Waals surface area contributed by atoms with Gasteiger partial charge in [0.2, 0.25) is 0 Å². The molecule has 0 amide bonds. The molecule has 1 fully saturated rings. The molecule has 0 spiro atoms. The summed E-state index contributed by atoms with van der Waals surface area (Å²) in [6, 6.07) is 24.2. The molecule has 0 bridgehead atoms. The maximum Gasteiger partial charge on any atom is 0.498 e. The minimum Gasteiger partial charge on any atom is -0.467 e. The average molecular weight is 553 g/mol. The van der Waals surface area contributed by atoms with Crippen LogP contribution < -0.4 is 10.2 Å². The molecular weight excluding hydrogens is 507 g/mol. The second-order valence-electron chi connectivity index (χ2n) is 13.5. The molecule has 4 aromatic rings. The second-order valence-corrected chi connectivity index (χ2v) is 13.5. The van der Waals surface area contributed by atoms with Crippen molar-refractivity contribution in [3.05, 3.63) is 72.3 Å². The molecule has 1 heterocycles. The molecule has 1 aliphatic heterocycles. The van der Waals surface area contributed by atoms with Crippen molar-refractivity contribution >= 4 is 34.1 Å². The number of fused-ring (bicyclic) bond motifs is 2. The number of ether oxygens (including phenoxy) is 2. The Bertz CT molecular complexity index is 1480. The van der Waals surface area contributed by atoms with Crippen LogP contribution in [-0.4, -0.2) is 32.2 Å². The Hall–Kier alpha value is -2.86. The van der Waals surface area contributed by atoms with Gasteiger partial charge in [0.15, 0.2) is 6.79 Å². The zero-order chi connectivity index (χ0) is 29.6. The fourth-order valence-electron chi connectivity index (χ4n) is 6.18. The molecule has 0 saturated carbocycles. The van der Waals surface area contributed by atoms with Crippen molar-refractivity contribution in [1.82, 2.24) is 0 Å². The summed E-state index contributed by atoms with van der Waals surface area (Å²) in [4.78, 5) is 0. The van der Waals surface area contributed by atoms with Crippen molar-refractivity contribution in [2.24, 2.45) is 5.41 Å². The highest BCUT2D eigenvalue weighted by Gasteiger charge is 2.53. The first kappa shape index (κ1) is 29.6.